The highest BCUT2D eigenvalue weighted by Crippen LogP contribution is 2.21. The Morgan fingerprint density at radius 1 is 0.875 bits per heavy atom. The molecule has 0 saturated carbocycles. The molecule has 4 rings (SSSR count). The molecule has 204 valence electrons. The van der Waals surface area contributed by atoms with Gasteiger partial charge in [-0.05, 0) is 74.0 Å². The Morgan fingerprint density at radius 3 is 1.82 bits per heavy atom. The number of carboxylic acid groups (broad SMARTS) is 1. The van der Waals surface area contributed by atoms with Gasteiger partial charge in [0.05, 0.1) is 11.1 Å². The van der Waals surface area contributed by atoms with Crippen molar-refractivity contribution >= 4 is 34.9 Å². The maximum atomic E-state index is 13.3. The molecule has 10 heteroatoms. The van der Waals surface area contributed by atoms with Gasteiger partial charge in [0.15, 0.2) is 0 Å². The van der Waals surface area contributed by atoms with Crippen LogP contribution < -0.4 is 16.0 Å². The lowest BCUT2D eigenvalue weighted by Crippen LogP contribution is -2.44. The van der Waals surface area contributed by atoms with Crippen molar-refractivity contribution in [2.24, 2.45) is 0 Å². The molecule has 1 amide bonds. The zero-order valence-electron chi connectivity index (χ0n) is 21.8. The Bertz CT molecular complexity index is 1540. The molecule has 4 aromatic rings. The number of terminal acetylenes is 1. The first-order chi connectivity index (χ1) is 19.1. The predicted molar refractivity (Wildman–Crippen MR) is 150 cm³/mol. The van der Waals surface area contributed by atoms with Crippen LogP contribution in [0, 0.1) is 24.0 Å². The number of nitrogens with zero attached hydrogens (tertiary/aromatic N) is 2. The van der Waals surface area contributed by atoms with Crippen LogP contribution in [0.3, 0.4) is 0 Å². The summed E-state index contributed by atoms with van der Waals surface area (Å²) in [5, 5.41) is 17.5. The number of anilines is 4. The molecule has 1 unspecified atom stereocenters. The van der Waals surface area contributed by atoms with Crippen LogP contribution in [0.5, 0.6) is 0 Å². The van der Waals surface area contributed by atoms with E-state index in [4.69, 9.17) is 11.5 Å². The van der Waals surface area contributed by atoms with Crippen molar-refractivity contribution in [3.05, 3.63) is 108 Å². The van der Waals surface area contributed by atoms with Gasteiger partial charge in [-0.15, -0.1) is 6.42 Å². The number of aromatic carboxylic acids is 1. The molecule has 2 aromatic heterocycles. The second-order valence-corrected chi connectivity index (χ2v) is 8.66. The predicted octanol–water partition coefficient (Wildman–Crippen LogP) is 6.16. The molecule has 0 saturated heterocycles. The van der Waals surface area contributed by atoms with E-state index in [2.05, 4.69) is 31.8 Å². The maximum Gasteiger partial charge on any atom is 0.339 e. The second-order valence-electron chi connectivity index (χ2n) is 8.66. The molecular formula is C30H27F2N5O3. The minimum atomic E-state index is -1.09. The van der Waals surface area contributed by atoms with Crippen molar-refractivity contribution in [1.82, 2.24) is 15.3 Å². The topological polar surface area (TPSA) is 116 Å². The Morgan fingerprint density at radius 2 is 1.38 bits per heavy atom. The Kier molecular flexibility index (Phi) is 9.86. The maximum absolute atomic E-state index is 13.3. The van der Waals surface area contributed by atoms with E-state index in [0.29, 0.717) is 29.2 Å². The van der Waals surface area contributed by atoms with Crippen molar-refractivity contribution in [1.29, 1.82) is 0 Å². The molecule has 0 bridgehead atoms. The van der Waals surface area contributed by atoms with Crippen LogP contribution in [-0.4, -0.2) is 32.5 Å². The molecule has 4 N–H and O–H groups in total. The number of rotatable bonds is 8. The highest BCUT2D eigenvalue weighted by molar-refractivity contribution is 6.00. The van der Waals surface area contributed by atoms with Crippen LogP contribution in [0.4, 0.5) is 31.8 Å². The number of hydrogen-bond donors (Lipinski definition) is 4. The number of pyridine rings is 2. The molecular weight excluding hydrogens is 516 g/mol. The third-order valence-corrected chi connectivity index (χ3v) is 5.68. The summed E-state index contributed by atoms with van der Waals surface area (Å²) in [7, 11) is 0. The summed E-state index contributed by atoms with van der Waals surface area (Å²) in [6.45, 7) is 3.68. The SMILES string of the molecule is C#CC(C)(CC)NC(=O)c1cccnc1Nc1cccc(F)c1.O=C(O)c1cccnc1Nc1cccc(F)c1. The molecule has 0 radical (unpaired) electrons. The van der Waals surface area contributed by atoms with Crippen LogP contribution in [0.25, 0.3) is 0 Å². The number of nitrogens with one attached hydrogen (secondary N) is 3. The van der Waals surface area contributed by atoms with Gasteiger partial charge in [-0.2, -0.15) is 0 Å². The minimum Gasteiger partial charge on any atom is -0.478 e. The molecule has 2 heterocycles. The Balaban J connectivity index is 0.000000230. The van der Waals surface area contributed by atoms with Gasteiger partial charge in [0.25, 0.3) is 5.91 Å². The number of halogens is 2. The highest BCUT2D eigenvalue weighted by atomic mass is 19.1. The third kappa shape index (κ3) is 8.10. The van der Waals surface area contributed by atoms with Crippen LogP contribution in [0.2, 0.25) is 0 Å². The fraction of sp³-hybridized carbons (Fsp3) is 0.133. The Labute approximate surface area is 230 Å². The standard InChI is InChI=1S/C18H18FN3O.C12H9FN2O2/c1-4-18(3,5-2)22-17(23)15-10-7-11-20-16(15)21-14-9-6-8-13(19)12-14;13-8-3-1-4-9(7-8)15-11-10(12(16)17)5-2-6-14-11/h1,6-12H,5H2,2-3H3,(H,20,21)(H,22,23);1-7H,(H,14,15)(H,16,17). The lowest BCUT2D eigenvalue weighted by molar-refractivity contribution is 0.0697. The van der Waals surface area contributed by atoms with E-state index in [1.165, 1.54) is 48.7 Å². The first-order valence-corrected chi connectivity index (χ1v) is 12.1. The normalized spacial score (nSPS) is 11.6. The molecule has 0 aliphatic rings. The van der Waals surface area contributed by atoms with Gasteiger partial charge in [0, 0.05) is 23.8 Å². The number of benzene rings is 2. The lowest BCUT2D eigenvalue weighted by atomic mass is 9.99. The summed E-state index contributed by atoms with van der Waals surface area (Å²) in [6.07, 6.45) is 9.10. The van der Waals surface area contributed by atoms with E-state index in [1.54, 1.807) is 43.5 Å². The van der Waals surface area contributed by atoms with E-state index in [9.17, 15) is 18.4 Å². The number of carbonyl (C=O) groups excluding carboxylic acids is 1. The quantitative estimate of drug-likeness (QED) is 0.197. The summed E-state index contributed by atoms with van der Waals surface area (Å²) in [4.78, 5) is 31.5. The van der Waals surface area contributed by atoms with Crippen molar-refractivity contribution in [2.75, 3.05) is 10.6 Å². The summed E-state index contributed by atoms with van der Waals surface area (Å²) >= 11 is 0. The summed E-state index contributed by atoms with van der Waals surface area (Å²) in [5.41, 5.74) is 0.603. The van der Waals surface area contributed by atoms with Crippen LogP contribution in [0.1, 0.15) is 41.0 Å². The summed E-state index contributed by atoms with van der Waals surface area (Å²) in [5.74, 6) is 0.915. The van der Waals surface area contributed by atoms with Crippen LogP contribution >= 0.6 is 0 Å². The zero-order valence-corrected chi connectivity index (χ0v) is 21.8. The van der Waals surface area contributed by atoms with Gasteiger partial charge in [0.1, 0.15) is 28.8 Å². The number of amides is 1. The first kappa shape index (κ1) is 29.3. The van der Waals surface area contributed by atoms with Crippen LogP contribution in [0.15, 0.2) is 85.2 Å². The minimum absolute atomic E-state index is 0.0387. The monoisotopic (exact) mass is 543 g/mol. The van der Waals surface area contributed by atoms with Gasteiger partial charge >= 0.3 is 5.97 Å². The van der Waals surface area contributed by atoms with Gasteiger partial charge < -0.3 is 21.1 Å². The van der Waals surface area contributed by atoms with Crippen LogP contribution in [-0.2, 0) is 0 Å². The molecule has 0 spiro atoms. The van der Waals surface area contributed by atoms with E-state index in [0.717, 1.165) is 0 Å². The van der Waals surface area contributed by atoms with Crippen molar-refractivity contribution in [3.63, 3.8) is 0 Å². The van der Waals surface area contributed by atoms with E-state index in [1.807, 2.05) is 6.92 Å². The molecule has 8 nitrogen and oxygen atoms in total. The van der Waals surface area contributed by atoms with E-state index in [-0.39, 0.29) is 23.1 Å². The molecule has 2 aromatic carbocycles. The molecule has 1 atom stereocenters. The molecule has 0 aliphatic carbocycles. The highest BCUT2D eigenvalue weighted by Gasteiger charge is 2.23. The number of carbonyl (C=O) groups is 2. The van der Waals surface area contributed by atoms with Gasteiger partial charge in [0.2, 0.25) is 0 Å². The lowest BCUT2D eigenvalue weighted by Gasteiger charge is -2.24. The third-order valence-electron chi connectivity index (χ3n) is 5.68. The summed E-state index contributed by atoms with van der Waals surface area (Å²) < 4.78 is 26.2. The summed E-state index contributed by atoms with van der Waals surface area (Å²) in [6, 6.07) is 17.9. The number of hydrogen-bond acceptors (Lipinski definition) is 6. The second kappa shape index (κ2) is 13.5. The zero-order chi connectivity index (χ0) is 29.1. The largest absolute Gasteiger partial charge is 0.478 e. The molecule has 0 aliphatic heterocycles. The molecule has 0 fully saturated rings. The first-order valence-electron chi connectivity index (χ1n) is 12.1. The van der Waals surface area contributed by atoms with Gasteiger partial charge in [-0.3, -0.25) is 4.79 Å². The van der Waals surface area contributed by atoms with Crippen molar-refractivity contribution in [2.45, 2.75) is 25.8 Å². The van der Waals surface area contributed by atoms with E-state index < -0.39 is 17.3 Å². The van der Waals surface area contributed by atoms with E-state index >= 15 is 0 Å². The van der Waals surface area contributed by atoms with Crippen molar-refractivity contribution < 1.29 is 23.5 Å². The molecule has 40 heavy (non-hydrogen) atoms. The average molecular weight is 544 g/mol. The number of carboxylic acids is 1. The van der Waals surface area contributed by atoms with Gasteiger partial charge in [-0.1, -0.05) is 25.0 Å². The van der Waals surface area contributed by atoms with Crippen molar-refractivity contribution in [3.8, 4) is 12.3 Å². The average Bonchev–Trinajstić information content (AvgIpc) is 2.94. The smallest absolute Gasteiger partial charge is 0.339 e. The number of aromatic nitrogens is 2. The Hall–Kier alpha value is -5.30. The van der Waals surface area contributed by atoms with Gasteiger partial charge in [-0.25, -0.2) is 23.5 Å². The fourth-order valence-electron chi connectivity index (χ4n) is 3.32. The fourth-order valence-corrected chi connectivity index (χ4v) is 3.32.